The number of amides is 1. The first-order valence-corrected chi connectivity index (χ1v) is 9.71. The molecule has 1 atom stereocenters. The number of benzene rings is 1. The van der Waals surface area contributed by atoms with E-state index < -0.39 is 15.7 Å². The van der Waals surface area contributed by atoms with Crippen molar-refractivity contribution in [2.24, 2.45) is 0 Å². The van der Waals surface area contributed by atoms with E-state index in [4.69, 9.17) is 4.42 Å². The number of sulfone groups is 1. The lowest BCUT2D eigenvalue weighted by atomic mass is 10.2. The summed E-state index contributed by atoms with van der Waals surface area (Å²) in [5.41, 5.74) is 0.209. The number of hydrogen-bond acceptors (Lipinski definition) is 6. The molecular formula is C16H18FN3O4S. The molecule has 1 aliphatic rings. The van der Waals surface area contributed by atoms with Crippen molar-refractivity contribution in [2.45, 2.75) is 25.3 Å². The van der Waals surface area contributed by atoms with Crippen LogP contribution in [0.5, 0.6) is 0 Å². The fraction of sp³-hybridized carbons (Fsp3) is 0.438. The summed E-state index contributed by atoms with van der Waals surface area (Å²) >= 11 is 0. The second-order valence-electron chi connectivity index (χ2n) is 6.04. The van der Waals surface area contributed by atoms with Gasteiger partial charge in [0.25, 0.3) is 5.89 Å². The number of carbonyl (C=O) groups excluding carboxylic acids is 1. The minimum Gasteiger partial charge on any atom is -0.421 e. The Morgan fingerprint density at radius 2 is 2.12 bits per heavy atom. The quantitative estimate of drug-likeness (QED) is 0.794. The predicted molar refractivity (Wildman–Crippen MR) is 87.8 cm³/mol. The normalized spacial score (nSPS) is 19.0. The summed E-state index contributed by atoms with van der Waals surface area (Å²) in [6.45, 7) is 0. The highest BCUT2D eigenvalue weighted by molar-refractivity contribution is 7.91. The van der Waals surface area contributed by atoms with E-state index in [1.165, 1.54) is 17.0 Å². The zero-order valence-corrected chi connectivity index (χ0v) is 14.5. The van der Waals surface area contributed by atoms with Crippen molar-refractivity contribution in [3.8, 4) is 11.5 Å². The van der Waals surface area contributed by atoms with Gasteiger partial charge < -0.3 is 9.32 Å². The Labute approximate surface area is 144 Å². The third kappa shape index (κ3) is 4.04. The highest BCUT2D eigenvalue weighted by Crippen LogP contribution is 2.22. The van der Waals surface area contributed by atoms with Gasteiger partial charge in [0.05, 0.1) is 17.1 Å². The molecule has 0 radical (unpaired) electrons. The molecule has 1 aromatic carbocycles. The summed E-state index contributed by atoms with van der Waals surface area (Å²) < 4.78 is 42.1. The Balaban J connectivity index is 1.59. The molecule has 0 spiro atoms. The zero-order valence-electron chi connectivity index (χ0n) is 13.7. The van der Waals surface area contributed by atoms with Crippen molar-refractivity contribution < 1.29 is 22.0 Å². The maximum absolute atomic E-state index is 13.7. The van der Waals surface area contributed by atoms with E-state index in [1.807, 2.05) is 0 Å². The third-order valence-corrected chi connectivity index (χ3v) is 6.02. The average Bonchev–Trinajstić information content (AvgIpc) is 3.18. The van der Waals surface area contributed by atoms with Crippen LogP contribution < -0.4 is 0 Å². The first-order valence-electron chi connectivity index (χ1n) is 7.89. The average molecular weight is 367 g/mol. The van der Waals surface area contributed by atoms with Gasteiger partial charge in [-0.1, -0.05) is 12.1 Å². The minimum absolute atomic E-state index is 0.00717. The van der Waals surface area contributed by atoms with Crippen LogP contribution in [0.4, 0.5) is 4.39 Å². The van der Waals surface area contributed by atoms with Gasteiger partial charge in [-0.05, 0) is 18.6 Å². The van der Waals surface area contributed by atoms with Gasteiger partial charge in [0.1, 0.15) is 5.82 Å². The molecule has 0 N–H and O–H groups in total. The molecule has 7 nitrogen and oxygen atoms in total. The molecular weight excluding hydrogens is 349 g/mol. The van der Waals surface area contributed by atoms with Crippen LogP contribution in [0, 0.1) is 5.82 Å². The van der Waals surface area contributed by atoms with Crippen molar-refractivity contribution in [1.82, 2.24) is 15.1 Å². The topological polar surface area (TPSA) is 93.4 Å². The van der Waals surface area contributed by atoms with Crippen LogP contribution >= 0.6 is 0 Å². The Morgan fingerprint density at radius 3 is 2.80 bits per heavy atom. The van der Waals surface area contributed by atoms with Crippen LogP contribution in [0.2, 0.25) is 0 Å². The second kappa shape index (κ2) is 6.91. The Kier molecular flexibility index (Phi) is 4.85. The maximum Gasteiger partial charge on any atom is 0.250 e. The number of carbonyl (C=O) groups is 1. The van der Waals surface area contributed by atoms with E-state index in [0.29, 0.717) is 6.42 Å². The third-order valence-electron chi connectivity index (χ3n) is 4.27. The van der Waals surface area contributed by atoms with E-state index >= 15 is 0 Å². The van der Waals surface area contributed by atoms with Gasteiger partial charge in [0.2, 0.25) is 11.8 Å². The summed E-state index contributed by atoms with van der Waals surface area (Å²) in [6, 6.07) is 5.78. The molecule has 0 bridgehead atoms. The number of aromatic nitrogens is 2. The van der Waals surface area contributed by atoms with Gasteiger partial charge in [-0.2, -0.15) is 0 Å². The van der Waals surface area contributed by atoms with Crippen LogP contribution in [0.1, 0.15) is 18.7 Å². The van der Waals surface area contributed by atoms with E-state index in [0.717, 1.165) is 0 Å². The van der Waals surface area contributed by atoms with Crippen LogP contribution in [-0.4, -0.2) is 54.0 Å². The number of aryl methyl sites for hydroxylation is 1. The Morgan fingerprint density at radius 1 is 1.36 bits per heavy atom. The van der Waals surface area contributed by atoms with E-state index in [1.54, 1.807) is 19.2 Å². The molecule has 2 aromatic rings. The van der Waals surface area contributed by atoms with Gasteiger partial charge in [-0.3, -0.25) is 4.79 Å². The van der Waals surface area contributed by atoms with E-state index in [-0.39, 0.29) is 53.6 Å². The largest absolute Gasteiger partial charge is 0.421 e. The molecule has 134 valence electrons. The second-order valence-corrected chi connectivity index (χ2v) is 8.27. The van der Waals surface area contributed by atoms with Crippen LogP contribution in [-0.2, 0) is 21.1 Å². The van der Waals surface area contributed by atoms with Crippen LogP contribution in [0.3, 0.4) is 0 Å². The number of hydrogen-bond donors (Lipinski definition) is 0. The van der Waals surface area contributed by atoms with Gasteiger partial charge >= 0.3 is 0 Å². The van der Waals surface area contributed by atoms with E-state index in [2.05, 4.69) is 10.2 Å². The first kappa shape index (κ1) is 17.5. The van der Waals surface area contributed by atoms with Crippen molar-refractivity contribution in [1.29, 1.82) is 0 Å². The van der Waals surface area contributed by atoms with E-state index in [9.17, 15) is 17.6 Å². The van der Waals surface area contributed by atoms with Gasteiger partial charge in [-0.25, -0.2) is 12.8 Å². The lowest BCUT2D eigenvalue weighted by molar-refractivity contribution is -0.131. The SMILES string of the molecule is CN(C(=O)CCc1nnc(-c2ccccc2F)o1)C1CCS(=O)(=O)C1. The van der Waals surface area contributed by atoms with Crippen molar-refractivity contribution in [3.63, 3.8) is 0 Å². The minimum atomic E-state index is -3.04. The van der Waals surface area contributed by atoms with Gasteiger partial charge in [0.15, 0.2) is 9.84 Å². The maximum atomic E-state index is 13.7. The molecule has 1 aliphatic heterocycles. The molecule has 0 aliphatic carbocycles. The molecule has 25 heavy (non-hydrogen) atoms. The smallest absolute Gasteiger partial charge is 0.250 e. The van der Waals surface area contributed by atoms with Crippen molar-refractivity contribution in [2.75, 3.05) is 18.6 Å². The van der Waals surface area contributed by atoms with Crippen LogP contribution in [0.15, 0.2) is 28.7 Å². The van der Waals surface area contributed by atoms with Crippen molar-refractivity contribution in [3.05, 3.63) is 36.0 Å². The highest BCUT2D eigenvalue weighted by atomic mass is 32.2. The Bertz CT molecular complexity index is 881. The van der Waals surface area contributed by atoms with Gasteiger partial charge in [0, 0.05) is 25.9 Å². The molecule has 2 heterocycles. The summed E-state index contributed by atoms with van der Waals surface area (Å²) in [5.74, 6) is -0.225. The predicted octanol–water partition coefficient (Wildman–Crippen LogP) is 1.45. The fourth-order valence-electron chi connectivity index (χ4n) is 2.77. The summed E-state index contributed by atoms with van der Waals surface area (Å²) in [5, 5.41) is 7.64. The molecule has 1 saturated heterocycles. The highest BCUT2D eigenvalue weighted by Gasteiger charge is 2.32. The lowest BCUT2D eigenvalue weighted by Crippen LogP contribution is -2.37. The van der Waals surface area contributed by atoms with Crippen molar-refractivity contribution >= 4 is 15.7 Å². The number of nitrogens with zero attached hydrogens (tertiary/aromatic N) is 3. The number of rotatable bonds is 5. The van der Waals surface area contributed by atoms with Crippen LogP contribution in [0.25, 0.3) is 11.5 Å². The Hall–Kier alpha value is -2.29. The molecule has 1 aromatic heterocycles. The fourth-order valence-corrected chi connectivity index (χ4v) is 4.55. The molecule has 0 saturated carbocycles. The molecule has 1 amide bonds. The number of halogens is 1. The summed E-state index contributed by atoms with van der Waals surface area (Å²) in [4.78, 5) is 13.7. The molecule has 1 unspecified atom stereocenters. The lowest BCUT2D eigenvalue weighted by Gasteiger charge is -2.23. The standard InChI is InChI=1S/C16H18FN3O4S/c1-20(11-8-9-25(22,23)10-11)15(21)7-6-14-18-19-16(24-14)12-4-2-3-5-13(12)17/h2-5,11H,6-10H2,1H3. The zero-order chi connectivity index (χ0) is 18.0. The summed E-state index contributed by atoms with van der Waals surface area (Å²) in [7, 11) is -1.44. The molecule has 1 fully saturated rings. The molecule has 3 rings (SSSR count). The molecule has 9 heteroatoms. The van der Waals surface area contributed by atoms with Gasteiger partial charge in [-0.15, -0.1) is 10.2 Å². The summed E-state index contributed by atoms with van der Waals surface area (Å²) in [6.07, 6.45) is 0.790. The first-order chi connectivity index (χ1) is 11.9. The monoisotopic (exact) mass is 367 g/mol.